The maximum atomic E-state index is 11.0. The lowest BCUT2D eigenvalue weighted by molar-refractivity contribution is -0.157. The first-order valence-electron chi connectivity index (χ1n) is 4.30. The van der Waals surface area contributed by atoms with Gasteiger partial charge in [-0.3, -0.25) is 14.4 Å². The maximum Gasteiger partial charge on any atom is 0.324 e. The van der Waals surface area contributed by atoms with Gasteiger partial charge in [0.2, 0.25) is 5.90 Å². The number of oxime groups is 1. The summed E-state index contributed by atoms with van der Waals surface area (Å²) in [5.74, 6) is -2.51. The van der Waals surface area contributed by atoms with E-state index in [9.17, 15) is 14.4 Å². The molecule has 0 amide bonds. The molecule has 0 aromatic rings. The number of alkyl halides is 2. The quantitative estimate of drug-likeness (QED) is 0.146. The van der Waals surface area contributed by atoms with E-state index < -0.39 is 17.9 Å². The lowest BCUT2D eigenvalue weighted by atomic mass is 10.3. The fourth-order valence-corrected chi connectivity index (χ4v) is 0.923. The summed E-state index contributed by atoms with van der Waals surface area (Å²) < 4.78 is 8.86. The van der Waals surface area contributed by atoms with Gasteiger partial charge in [0, 0.05) is 6.42 Å². The Morgan fingerprint density at radius 3 is 1.94 bits per heavy atom. The fourth-order valence-electron chi connectivity index (χ4n) is 0.694. The van der Waals surface area contributed by atoms with Gasteiger partial charge in [-0.05, 0) is 0 Å². The molecule has 0 fully saturated rings. The van der Waals surface area contributed by atoms with Crippen LogP contribution in [0.3, 0.4) is 0 Å². The minimum absolute atomic E-state index is 0.0709. The highest BCUT2D eigenvalue weighted by Gasteiger charge is 2.13. The standard InChI is InChI=1S/C8H9Br2NO6/c9-3-7(13)16-5(11-15)1-2-6(12)17-8(14)4-10/h15H,1-4H2/b11-5-. The van der Waals surface area contributed by atoms with Crippen LogP contribution in [0.2, 0.25) is 0 Å². The Hall–Kier alpha value is -0.960. The smallest absolute Gasteiger partial charge is 0.324 e. The van der Waals surface area contributed by atoms with Gasteiger partial charge in [0.15, 0.2) is 0 Å². The molecule has 0 radical (unpaired) electrons. The fraction of sp³-hybridized carbons (Fsp3) is 0.500. The Labute approximate surface area is 113 Å². The highest BCUT2D eigenvalue weighted by atomic mass is 79.9. The average Bonchev–Trinajstić information content (AvgIpc) is 2.33. The molecule has 0 saturated heterocycles. The summed E-state index contributed by atoms with van der Waals surface area (Å²) in [4.78, 5) is 32.5. The van der Waals surface area contributed by atoms with Crippen LogP contribution in [0.5, 0.6) is 0 Å². The van der Waals surface area contributed by atoms with E-state index >= 15 is 0 Å². The summed E-state index contributed by atoms with van der Waals surface area (Å²) >= 11 is 5.66. The number of hydrogen-bond acceptors (Lipinski definition) is 7. The zero-order valence-corrected chi connectivity index (χ0v) is 11.7. The second kappa shape index (κ2) is 9.11. The molecule has 0 aliphatic rings. The number of rotatable bonds is 5. The molecule has 1 N–H and O–H groups in total. The van der Waals surface area contributed by atoms with Gasteiger partial charge in [0.1, 0.15) is 10.7 Å². The van der Waals surface area contributed by atoms with Crippen molar-refractivity contribution in [3.63, 3.8) is 0 Å². The minimum atomic E-state index is -0.800. The third-order valence-electron chi connectivity index (χ3n) is 1.33. The van der Waals surface area contributed by atoms with E-state index in [0.29, 0.717) is 0 Å². The van der Waals surface area contributed by atoms with Crippen molar-refractivity contribution in [1.82, 2.24) is 0 Å². The van der Waals surface area contributed by atoms with Crippen LogP contribution in [0.4, 0.5) is 0 Å². The molecule has 0 spiro atoms. The van der Waals surface area contributed by atoms with E-state index in [1.807, 2.05) is 0 Å². The number of nitrogens with zero attached hydrogens (tertiary/aromatic N) is 1. The molecular weight excluding hydrogens is 366 g/mol. The third-order valence-corrected chi connectivity index (χ3v) is 2.25. The van der Waals surface area contributed by atoms with Crippen molar-refractivity contribution < 1.29 is 29.1 Å². The van der Waals surface area contributed by atoms with E-state index in [0.717, 1.165) is 0 Å². The molecular formula is C8H9Br2NO6. The van der Waals surface area contributed by atoms with Crippen molar-refractivity contribution in [1.29, 1.82) is 0 Å². The average molecular weight is 375 g/mol. The summed E-state index contributed by atoms with van der Waals surface area (Å²) in [6.07, 6.45) is -0.392. The summed E-state index contributed by atoms with van der Waals surface area (Å²) in [5, 5.41) is 11.0. The zero-order valence-electron chi connectivity index (χ0n) is 8.52. The number of hydrogen-bond donors (Lipinski definition) is 1. The normalized spacial score (nSPS) is 10.8. The molecule has 0 saturated carbocycles. The van der Waals surface area contributed by atoms with Gasteiger partial charge in [0.25, 0.3) is 0 Å². The van der Waals surface area contributed by atoms with Crippen molar-refractivity contribution in [2.75, 3.05) is 10.7 Å². The van der Waals surface area contributed by atoms with E-state index in [2.05, 4.69) is 46.5 Å². The van der Waals surface area contributed by atoms with Crippen LogP contribution in [0, 0.1) is 0 Å². The Balaban J connectivity index is 4.03. The SMILES string of the molecule is O=C(CBr)OC(=O)CC/C(=N/O)OC(=O)CBr. The van der Waals surface area contributed by atoms with Gasteiger partial charge in [-0.25, -0.2) is 0 Å². The number of halogens is 2. The van der Waals surface area contributed by atoms with Crippen LogP contribution in [-0.4, -0.2) is 39.7 Å². The van der Waals surface area contributed by atoms with Crippen LogP contribution in [0.15, 0.2) is 5.16 Å². The van der Waals surface area contributed by atoms with E-state index in [1.54, 1.807) is 0 Å². The van der Waals surface area contributed by atoms with Crippen LogP contribution < -0.4 is 0 Å². The number of esters is 3. The van der Waals surface area contributed by atoms with E-state index in [1.165, 1.54) is 0 Å². The van der Waals surface area contributed by atoms with Crippen molar-refractivity contribution in [3.05, 3.63) is 0 Å². The molecule has 96 valence electrons. The highest BCUT2D eigenvalue weighted by Crippen LogP contribution is 2.00. The molecule has 0 heterocycles. The van der Waals surface area contributed by atoms with Gasteiger partial charge < -0.3 is 14.7 Å². The molecule has 0 aromatic carbocycles. The molecule has 0 atom stereocenters. The first-order valence-corrected chi connectivity index (χ1v) is 6.54. The molecule has 17 heavy (non-hydrogen) atoms. The highest BCUT2D eigenvalue weighted by molar-refractivity contribution is 9.09. The molecule has 0 bridgehead atoms. The Morgan fingerprint density at radius 2 is 1.47 bits per heavy atom. The molecule has 0 rings (SSSR count). The molecule has 0 aromatic heterocycles. The number of carbonyl (C=O) groups is 3. The Bertz CT molecular complexity index is 330. The van der Waals surface area contributed by atoms with Crippen LogP contribution >= 0.6 is 31.9 Å². The van der Waals surface area contributed by atoms with Crippen molar-refractivity contribution in [3.8, 4) is 0 Å². The van der Waals surface area contributed by atoms with E-state index in [4.69, 9.17) is 5.21 Å². The van der Waals surface area contributed by atoms with Gasteiger partial charge >= 0.3 is 17.9 Å². The number of carbonyl (C=O) groups excluding carboxylic acids is 3. The molecule has 0 aliphatic heterocycles. The molecule has 0 unspecified atom stereocenters. The lowest BCUT2D eigenvalue weighted by Crippen LogP contribution is -2.17. The lowest BCUT2D eigenvalue weighted by Gasteiger charge is -2.03. The third kappa shape index (κ3) is 7.86. The molecule has 0 aliphatic carbocycles. The Morgan fingerprint density at radius 1 is 0.941 bits per heavy atom. The molecule has 7 nitrogen and oxygen atoms in total. The van der Waals surface area contributed by atoms with Crippen molar-refractivity contribution in [2.24, 2.45) is 5.16 Å². The topological polar surface area (TPSA) is 102 Å². The minimum Gasteiger partial charge on any atom is -0.408 e. The predicted molar refractivity (Wildman–Crippen MR) is 63.2 cm³/mol. The largest absolute Gasteiger partial charge is 0.408 e. The number of ether oxygens (including phenoxy) is 2. The summed E-state index contributed by atoms with van der Waals surface area (Å²) in [5.41, 5.74) is 0. The van der Waals surface area contributed by atoms with Gasteiger partial charge in [0.05, 0.1) is 6.42 Å². The maximum absolute atomic E-state index is 11.0. The van der Waals surface area contributed by atoms with Crippen LogP contribution in [0.25, 0.3) is 0 Å². The molecule has 9 heteroatoms. The predicted octanol–water partition coefficient (Wildman–Crippen LogP) is 0.957. The Kier molecular flexibility index (Phi) is 8.60. The van der Waals surface area contributed by atoms with Crippen molar-refractivity contribution in [2.45, 2.75) is 12.8 Å². The summed E-state index contributed by atoms with van der Waals surface area (Å²) in [6.45, 7) is 0. The van der Waals surface area contributed by atoms with Gasteiger partial charge in [-0.1, -0.05) is 37.0 Å². The second-order valence-corrected chi connectivity index (χ2v) is 3.70. The van der Waals surface area contributed by atoms with Crippen LogP contribution in [0.1, 0.15) is 12.8 Å². The summed E-state index contributed by atoms with van der Waals surface area (Å²) in [6, 6.07) is 0. The van der Waals surface area contributed by atoms with Gasteiger partial charge in [-0.15, -0.1) is 0 Å². The van der Waals surface area contributed by atoms with Crippen molar-refractivity contribution >= 4 is 55.7 Å². The first kappa shape index (κ1) is 16.0. The summed E-state index contributed by atoms with van der Waals surface area (Å²) in [7, 11) is 0. The zero-order chi connectivity index (χ0) is 13.3. The van der Waals surface area contributed by atoms with Crippen LogP contribution in [-0.2, 0) is 23.9 Å². The monoisotopic (exact) mass is 373 g/mol. The first-order chi connectivity index (χ1) is 8.03. The second-order valence-electron chi connectivity index (χ2n) is 2.58. The van der Waals surface area contributed by atoms with E-state index in [-0.39, 0.29) is 29.4 Å². The van der Waals surface area contributed by atoms with Gasteiger partial charge in [-0.2, -0.15) is 0 Å².